The molecular weight excluding hydrogens is 286 g/mol. The van der Waals surface area contributed by atoms with Crippen molar-refractivity contribution >= 4 is 11.0 Å². The van der Waals surface area contributed by atoms with Crippen LogP contribution in [-0.4, -0.2) is 21.7 Å². The first-order valence-corrected chi connectivity index (χ1v) is 6.66. The van der Waals surface area contributed by atoms with Crippen molar-refractivity contribution in [1.29, 1.82) is 0 Å². The van der Waals surface area contributed by atoms with Gasteiger partial charge in [0.05, 0.1) is 11.2 Å². The van der Waals surface area contributed by atoms with Crippen LogP contribution in [0.5, 0.6) is 11.5 Å². The molecule has 0 saturated heterocycles. The smallest absolute Gasteiger partial charge is 0.326 e. The van der Waals surface area contributed by atoms with Crippen LogP contribution in [0.25, 0.3) is 22.3 Å². The summed E-state index contributed by atoms with van der Waals surface area (Å²) < 4.78 is 10.8. The Morgan fingerprint density at radius 3 is 2.91 bits per heavy atom. The lowest BCUT2D eigenvalue weighted by Crippen LogP contribution is -2.23. The Kier molecular flexibility index (Phi) is 2.56. The minimum Gasteiger partial charge on any atom is -0.454 e. The number of aromatic nitrogens is 3. The molecule has 7 nitrogen and oxygen atoms in total. The van der Waals surface area contributed by atoms with Crippen LogP contribution in [-0.2, 0) is 0 Å². The van der Waals surface area contributed by atoms with E-state index in [0.717, 1.165) is 11.1 Å². The minimum absolute atomic E-state index is 0.160. The zero-order valence-electron chi connectivity index (χ0n) is 11.6. The number of nitrogens with zero attached hydrogens (tertiary/aromatic N) is 1. The van der Waals surface area contributed by atoms with Crippen molar-refractivity contribution in [1.82, 2.24) is 15.0 Å². The Hall–Kier alpha value is -3.09. The van der Waals surface area contributed by atoms with Crippen molar-refractivity contribution in [2.45, 2.75) is 6.92 Å². The van der Waals surface area contributed by atoms with Crippen LogP contribution in [0.15, 0.2) is 33.9 Å². The maximum atomic E-state index is 12.0. The van der Waals surface area contributed by atoms with Crippen LogP contribution < -0.4 is 20.7 Å². The second-order valence-corrected chi connectivity index (χ2v) is 5.00. The predicted molar refractivity (Wildman–Crippen MR) is 79.3 cm³/mol. The highest BCUT2D eigenvalue weighted by molar-refractivity contribution is 5.82. The van der Waals surface area contributed by atoms with E-state index in [2.05, 4.69) is 15.0 Å². The highest BCUT2D eigenvalue weighted by Crippen LogP contribution is 2.40. The van der Waals surface area contributed by atoms with Gasteiger partial charge in [-0.2, -0.15) is 0 Å². The van der Waals surface area contributed by atoms with E-state index in [1.165, 1.54) is 0 Å². The number of para-hydroxylation sites is 1. The van der Waals surface area contributed by atoms with E-state index in [9.17, 15) is 9.59 Å². The molecule has 7 heteroatoms. The Labute approximate surface area is 123 Å². The zero-order chi connectivity index (χ0) is 15.3. The summed E-state index contributed by atoms with van der Waals surface area (Å²) in [7, 11) is 0. The number of nitrogens with one attached hydrogen (secondary N) is 2. The largest absolute Gasteiger partial charge is 0.454 e. The lowest BCUT2D eigenvalue weighted by atomic mass is 10.1. The molecule has 110 valence electrons. The fourth-order valence-corrected chi connectivity index (χ4v) is 2.57. The van der Waals surface area contributed by atoms with E-state index >= 15 is 0 Å². The van der Waals surface area contributed by atoms with Crippen LogP contribution in [0, 0.1) is 6.92 Å². The molecule has 0 fully saturated rings. The number of aromatic amines is 2. The molecule has 0 radical (unpaired) electrons. The molecule has 22 heavy (non-hydrogen) atoms. The van der Waals surface area contributed by atoms with Gasteiger partial charge in [0, 0.05) is 5.56 Å². The van der Waals surface area contributed by atoms with Gasteiger partial charge in [0.1, 0.15) is 0 Å². The summed E-state index contributed by atoms with van der Waals surface area (Å²) >= 11 is 0. The molecule has 2 aromatic heterocycles. The molecule has 0 bridgehead atoms. The zero-order valence-corrected chi connectivity index (χ0v) is 11.6. The summed E-state index contributed by atoms with van der Waals surface area (Å²) in [5, 5.41) is 0. The van der Waals surface area contributed by atoms with Gasteiger partial charge < -0.3 is 14.5 Å². The first-order chi connectivity index (χ1) is 10.6. The van der Waals surface area contributed by atoms with Crippen LogP contribution in [0.1, 0.15) is 5.56 Å². The van der Waals surface area contributed by atoms with E-state index in [1.54, 1.807) is 6.07 Å². The van der Waals surface area contributed by atoms with Crippen LogP contribution in [0.3, 0.4) is 0 Å². The molecule has 1 aromatic carbocycles. The molecule has 4 rings (SSSR count). The number of ether oxygens (including phenoxy) is 2. The summed E-state index contributed by atoms with van der Waals surface area (Å²) in [6, 6.07) is 7.29. The fraction of sp³-hybridized carbons (Fsp3) is 0.133. The molecule has 3 aromatic rings. The molecule has 0 atom stereocenters. The van der Waals surface area contributed by atoms with Gasteiger partial charge in [-0.1, -0.05) is 6.07 Å². The summed E-state index contributed by atoms with van der Waals surface area (Å²) in [4.78, 5) is 32.5. The number of fused-ring (bicyclic) bond motifs is 2. The first kappa shape index (κ1) is 12.6. The molecule has 2 N–H and O–H groups in total. The van der Waals surface area contributed by atoms with Gasteiger partial charge in [0.25, 0.3) is 5.56 Å². The number of H-pyrrole nitrogens is 2. The number of benzene rings is 1. The van der Waals surface area contributed by atoms with Crippen LogP contribution in [0.2, 0.25) is 0 Å². The van der Waals surface area contributed by atoms with Crippen molar-refractivity contribution in [3.8, 4) is 22.8 Å². The van der Waals surface area contributed by atoms with Gasteiger partial charge in [-0.05, 0) is 30.7 Å². The maximum absolute atomic E-state index is 12.0. The predicted octanol–water partition coefficient (Wildman–Crippen LogP) is 1.32. The minimum atomic E-state index is -0.549. The maximum Gasteiger partial charge on any atom is 0.326 e. The average Bonchev–Trinajstić information content (AvgIpc) is 2.96. The average molecular weight is 297 g/mol. The van der Waals surface area contributed by atoms with E-state index in [4.69, 9.17) is 9.47 Å². The number of rotatable bonds is 1. The van der Waals surface area contributed by atoms with Crippen molar-refractivity contribution < 1.29 is 9.47 Å². The summed E-state index contributed by atoms with van der Waals surface area (Å²) in [5.41, 5.74) is 1.63. The molecule has 1 aliphatic rings. The quantitative estimate of drug-likeness (QED) is 0.706. The van der Waals surface area contributed by atoms with Gasteiger partial charge in [0.15, 0.2) is 17.0 Å². The second kappa shape index (κ2) is 4.45. The number of hydrogen-bond acceptors (Lipinski definition) is 5. The van der Waals surface area contributed by atoms with Crippen molar-refractivity contribution in [3.05, 3.63) is 50.7 Å². The highest BCUT2D eigenvalue weighted by atomic mass is 16.7. The summed E-state index contributed by atoms with van der Waals surface area (Å²) in [6.07, 6.45) is 0. The third-order valence-corrected chi connectivity index (χ3v) is 3.57. The normalized spacial score (nSPS) is 12.8. The molecule has 0 amide bonds. The third kappa shape index (κ3) is 1.79. The number of hydrogen-bond donors (Lipinski definition) is 2. The molecule has 0 aliphatic carbocycles. The van der Waals surface area contributed by atoms with E-state index in [0.29, 0.717) is 22.7 Å². The standard InChI is InChI=1S/C15H11N3O4/c1-7-5-9(8-3-2-4-10-13(8)22-6-21-10)16-12-11(7)17-15(20)18-14(12)19/h2-5H,6H2,1H3,(H2,17,18,19,20). The summed E-state index contributed by atoms with van der Waals surface area (Å²) in [6.45, 7) is 1.97. The second-order valence-electron chi connectivity index (χ2n) is 5.00. The molecule has 0 saturated carbocycles. The Morgan fingerprint density at radius 2 is 2.05 bits per heavy atom. The van der Waals surface area contributed by atoms with Crippen molar-refractivity contribution in [3.63, 3.8) is 0 Å². The summed E-state index contributed by atoms with van der Waals surface area (Å²) in [5.74, 6) is 1.25. The molecule has 1 aliphatic heterocycles. The Bertz CT molecular complexity index is 1020. The number of aryl methyl sites for hydroxylation is 1. The third-order valence-electron chi connectivity index (χ3n) is 3.57. The lowest BCUT2D eigenvalue weighted by Gasteiger charge is -2.08. The van der Waals surface area contributed by atoms with E-state index in [-0.39, 0.29) is 12.3 Å². The monoisotopic (exact) mass is 297 g/mol. The molecule has 3 heterocycles. The van der Waals surface area contributed by atoms with Crippen molar-refractivity contribution in [2.24, 2.45) is 0 Å². The van der Waals surface area contributed by atoms with Crippen LogP contribution >= 0.6 is 0 Å². The molecule has 0 spiro atoms. The SMILES string of the molecule is Cc1cc(-c2cccc3c2OCO3)nc2c(=O)[nH]c(=O)[nH]c12. The van der Waals surface area contributed by atoms with Gasteiger partial charge >= 0.3 is 5.69 Å². The van der Waals surface area contributed by atoms with E-state index in [1.807, 2.05) is 25.1 Å². The molecule has 0 unspecified atom stereocenters. The van der Waals surface area contributed by atoms with Gasteiger partial charge in [0.2, 0.25) is 6.79 Å². The Morgan fingerprint density at radius 1 is 1.18 bits per heavy atom. The first-order valence-electron chi connectivity index (χ1n) is 6.66. The van der Waals surface area contributed by atoms with Crippen LogP contribution in [0.4, 0.5) is 0 Å². The van der Waals surface area contributed by atoms with Crippen molar-refractivity contribution in [2.75, 3.05) is 6.79 Å². The Balaban J connectivity index is 2.04. The van der Waals surface area contributed by atoms with Gasteiger partial charge in [-0.15, -0.1) is 0 Å². The number of pyridine rings is 1. The van der Waals surface area contributed by atoms with Gasteiger partial charge in [-0.25, -0.2) is 9.78 Å². The topological polar surface area (TPSA) is 97.1 Å². The molecular formula is C15H11N3O4. The lowest BCUT2D eigenvalue weighted by molar-refractivity contribution is 0.174. The van der Waals surface area contributed by atoms with E-state index < -0.39 is 11.2 Å². The van der Waals surface area contributed by atoms with Gasteiger partial charge in [-0.3, -0.25) is 9.78 Å². The fourth-order valence-electron chi connectivity index (χ4n) is 2.57. The highest BCUT2D eigenvalue weighted by Gasteiger charge is 2.20.